The van der Waals surface area contributed by atoms with Gasteiger partial charge < -0.3 is 4.57 Å². The first-order valence-corrected chi connectivity index (χ1v) is 5.44. The summed E-state index contributed by atoms with van der Waals surface area (Å²) < 4.78 is 10.6. The summed E-state index contributed by atoms with van der Waals surface area (Å²) in [5.74, 6) is 0. The monoisotopic (exact) mass is 182 g/mol. The molecular formula is C10H15OP. The average Bonchev–Trinajstić information content (AvgIpc) is 1.96. The zero-order valence-corrected chi connectivity index (χ0v) is 9.00. The molecule has 0 radical (unpaired) electrons. The Bertz CT molecular complexity index is 282. The minimum atomic E-state index is -0.657. The molecule has 12 heavy (non-hydrogen) atoms. The fourth-order valence-corrected chi connectivity index (χ4v) is 2.43. The van der Waals surface area contributed by atoms with Crippen molar-refractivity contribution >= 4 is 8.46 Å². The quantitative estimate of drug-likeness (QED) is 0.643. The van der Waals surface area contributed by atoms with Crippen molar-refractivity contribution in [1.82, 2.24) is 0 Å². The molecule has 1 aromatic carbocycles. The molecule has 0 spiro atoms. The zero-order chi connectivity index (χ0) is 9.14. The molecule has 0 bridgehead atoms. The van der Waals surface area contributed by atoms with Gasteiger partial charge in [-0.05, 0) is 37.5 Å². The van der Waals surface area contributed by atoms with E-state index in [-0.39, 0.29) is 0 Å². The van der Waals surface area contributed by atoms with E-state index in [4.69, 9.17) is 0 Å². The van der Waals surface area contributed by atoms with Gasteiger partial charge in [0.15, 0.2) is 0 Å². The summed E-state index contributed by atoms with van der Waals surface area (Å²) in [6, 6.07) is 4.30. The fourth-order valence-electron chi connectivity index (χ4n) is 1.62. The first-order chi connectivity index (χ1) is 5.65. The predicted molar refractivity (Wildman–Crippen MR) is 54.8 cm³/mol. The molecule has 0 amide bonds. The van der Waals surface area contributed by atoms with E-state index >= 15 is 0 Å². The van der Waals surface area contributed by atoms with Gasteiger partial charge in [-0.2, -0.15) is 0 Å². The van der Waals surface area contributed by atoms with E-state index in [1.165, 1.54) is 22.3 Å². The van der Waals surface area contributed by atoms with Crippen LogP contribution in [-0.2, 0) is 10.7 Å². The molecule has 1 atom stereocenters. The van der Waals surface area contributed by atoms with Gasteiger partial charge in [0.05, 0.1) is 8.46 Å². The van der Waals surface area contributed by atoms with Crippen LogP contribution in [0.25, 0.3) is 0 Å². The van der Waals surface area contributed by atoms with E-state index in [0.29, 0.717) is 0 Å². The Morgan fingerprint density at radius 1 is 1.17 bits per heavy atom. The summed E-state index contributed by atoms with van der Waals surface area (Å²) in [7, 11) is -0.657. The molecule has 1 rings (SSSR count). The van der Waals surface area contributed by atoms with E-state index in [2.05, 4.69) is 32.9 Å². The summed E-state index contributed by atoms with van der Waals surface area (Å²) in [5.41, 5.74) is 5.10. The Kier molecular flexibility index (Phi) is 3.11. The SMILES string of the molecule is Cc1cc(C)c(C[PH2]=O)c(C)c1. The Balaban J connectivity index is 3.18. The second-order valence-corrected chi connectivity index (χ2v) is 3.99. The Morgan fingerprint density at radius 2 is 1.67 bits per heavy atom. The van der Waals surface area contributed by atoms with Crippen LogP contribution in [0.15, 0.2) is 12.1 Å². The van der Waals surface area contributed by atoms with E-state index in [1.807, 2.05) is 0 Å². The maximum Gasteiger partial charge on any atom is 0.0687 e. The van der Waals surface area contributed by atoms with Crippen molar-refractivity contribution in [2.75, 3.05) is 0 Å². The zero-order valence-electron chi connectivity index (χ0n) is 7.85. The van der Waals surface area contributed by atoms with Gasteiger partial charge in [-0.3, -0.25) is 0 Å². The van der Waals surface area contributed by atoms with Gasteiger partial charge in [0.2, 0.25) is 0 Å². The number of rotatable bonds is 2. The van der Waals surface area contributed by atoms with E-state index in [0.717, 1.165) is 6.16 Å². The van der Waals surface area contributed by atoms with Crippen LogP contribution in [0.2, 0.25) is 0 Å². The van der Waals surface area contributed by atoms with Crippen LogP contribution in [0.4, 0.5) is 0 Å². The molecule has 0 aliphatic heterocycles. The van der Waals surface area contributed by atoms with Crippen LogP contribution in [0.3, 0.4) is 0 Å². The molecule has 0 aliphatic rings. The van der Waals surface area contributed by atoms with Gasteiger partial charge in [-0.25, -0.2) is 0 Å². The molecule has 0 aliphatic carbocycles. The van der Waals surface area contributed by atoms with Gasteiger partial charge in [0, 0.05) is 6.16 Å². The molecule has 2 heteroatoms. The molecule has 0 heterocycles. The number of benzene rings is 1. The van der Waals surface area contributed by atoms with Gasteiger partial charge in [0.25, 0.3) is 0 Å². The highest BCUT2D eigenvalue weighted by Crippen LogP contribution is 2.20. The lowest BCUT2D eigenvalue weighted by Crippen LogP contribution is -1.91. The third kappa shape index (κ3) is 1.98. The Hall–Kier alpha value is -0.550. The molecule has 0 N–H and O–H groups in total. The van der Waals surface area contributed by atoms with Crippen LogP contribution in [0, 0.1) is 20.8 Å². The van der Waals surface area contributed by atoms with Crippen LogP contribution in [0.5, 0.6) is 0 Å². The second kappa shape index (κ2) is 3.91. The molecule has 1 nitrogen and oxygen atoms in total. The van der Waals surface area contributed by atoms with Crippen molar-refractivity contribution in [2.45, 2.75) is 26.9 Å². The van der Waals surface area contributed by atoms with Crippen molar-refractivity contribution < 1.29 is 4.57 Å². The Labute approximate surface area is 75.0 Å². The van der Waals surface area contributed by atoms with Crippen LogP contribution in [0.1, 0.15) is 22.3 Å². The van der Waals surface area contributed by atoms with Gasteiger partial charge in [-0.1, -0.05) is 17.7 Å². The first kappa shape index (κ1) is 9.54. The number of hydrogen-bond donors (Lipinski definition) is 0. The lowest BCUT2D eigenvalue weighted by molar-refractivity contribution is 0.598. The maximum absolute atomic E-state index is 10.6. The van der Waals surface area contributed by atoms with Gasteiger partial charge in [-0.15, -0.1) is 0 Å². The summed E-state index contributed by atoms with van der Waals surface area (Å²) >= 11 is 0. The van der Waals surface area contributed by atoms with Crippen molar-refractivity contribution in [3.8, 4) is 0 Å². The normalized spacial score (nSPS) is 11.2. The standard InChI is InChI=1S/C10H15OP/c1-7-4-8(2)10(6-12-11)9(3)5-7/h4-5H,6,12H2,1-3H3. The summed E-state index contributed by atoms with van der Waals surface area (Å²) in [5, 5.41) is 0. The Morgan fingerprint density at radius 3 is 2.08 bits per heavy atom. The van der Waals surface area contributed by atoms with Gasteiger partial charge >= 0.3 is 0 Å². The van der Waals surface area contributed by atoms with Crippen LogP contribution >= 0.6 is 8.46 Å². The lowest BCUT2D eigenvalue weighted by Gasteiger charge is -2.07. The van der Waals surface area contributed by atoms with Crippen molar-refractivity contribution in [1.29, 1.82) is 0 Å². The molecule has 66 valence electrons. The second-order valence-electron chi connectivity index (χ2n) is 3.25. The molecule has 0 fully saturated rings. The molecule has 1 unspecified atom stereocenters. The summed E-state index contributed by atoms with van der Waals surface area (Å²) in [4.78, 5) is 0. The highest BCUT2D eigenvalue weighted by molar-refractivity contribution is 7.22. The average molecular weight is 182 g/mol. The van der Waals surface area contributed by atoms with Crippen molar-refractivity contribution in [3.63, 3.8) is 0 Å². The van der Waals surface area contributed by atoms with E-state index in [1.54, 1.807) is 0 Å². The number of hydrogen-bond acceptors (Lipinski definition) is 1. The maximum atomic E-state index is 10.6. The number of aryl methyl sites for hydroxylation is 3. The minimum Gasteiger partial charge on any atom is -0.330 e. The van der Waals surface area contributed by atoms with Crippen LogP contribution < -0.4 is 0 Å². The molecule has 0 aromatic heterocycles. The molecule has 0 saturated carbocycles. The molecule has 1 aromatic rings. The fraction of sp³-hybridized carbons (Fsp3) is 0.400. The molecular weight excluding hydrogens is 167 g/mol. The van der Waals surface area contributed by atoms with Crippen molar-refractivity contribution in [2.24, 2.45) is 0 Å². The summed E-state index contributed by atoms with van der Waals surface area (Å²) in [6.07, 6.45) is 0.748. The van der Waals surface area contributed by atoms with E-state index < -0.39 is 8.46 Å². The van der Waals surface area contributed by atoms with Crippen molar-refractivity contribution in [3.05, 3.63) is 34.4 Å². The molecule has 0 saturated heterocycles. The minimum absolute atomic E-state index is 0.657. The summed E-state index contributed by atoms with van der Waals surface area (Å²) in [6.45, 7) is 6.27. The highest BCUT2D eigenvalue weighted by atomic mass is 31.1. The highest BCUT2D eigenvalue weighted by Gasteiger charge is 2.01. The third-order valence-electron chi connectivity index (χ3n) is 2.13. The lowest BCUT2D eigenvalue weighted by atomic mass is 10.0. The smallest absolute Gasteiger partial charge is 0.0687 e. The van der Waals surface area contributed by atoms with Gasteiger partial charge in [0.1, 0.15) is 0 Å². The third-order valence-corrected chi connectivity index (χ3v) is 2.70. The first-order valence-electron chi connectivity index (χ1n) is 4.15. The van der Waals surface area contributed by atoms with E-state index in [9.17, 15) is 4.57 Å². The topological polar surface area (TPSA) is 17.1 Å². The largest absolute Gasteiger partial charge is 0.330 e. The van der Waals surface area contributed by atoms with Crippen LogP contribution in [-0.4, -0.2) is 0 Å². The predicted octanol–water partition coefficient (Wildman–Crippen LogP) is 2.87.